The molecule has 1 N–H and O–H groups in total. The molecule has 11 heteroatoms. The van der Waals surface area contributed by atoms with Crippen LogP contribution >= 0.6 is 0 Å². The Kier molecular flexibility index (Phi) is 5.86. The van der Waals surface area contributed by atoms with Crippen molar-refractivity contribution in [3.8, 4) is 5.69 Å². The van der Waals surface area contributed by atoms with Crippen molar-refractivity contribution in [2.75, 3.05) is 0 Å². The topological polar surface area (TPSA) is 107 Å². The lowest BCUT2D eigenvalue weighted by Crippen LogP contribution is -2.30. The average molecular weight is 432 g/mol. The summed E-state index contributed by atoms with van der Waals surface area (Å²) in [5.74, 6) is -0.766. The molecule has 0 saturated carbocycles. The molecule has 31 heavy (non-hydrogen) atoms. The minimum Gasteiger partial charge on any atom is -0.344 e. The molecule has 0 aliphatic rings. The van der Waals surface area contributed by atoms with E-state index in [-0.39, 0.29) is 11.3 Å². The number of hydrogen-bond donors (Lipinski definition) is 1. The zero-order chi connectivity index (χ0) is 22.8. The Bertz CT molecular complexity index is 1190. The molecular formula is C20H15F3N4O4. The minimum atomic E-state index is -4.79. The van der Waals surface area contributed by atoms with Gasteiger partial charge in [0.1, 0.15) is 5.69 Å². The van der Waals surface area contributed by atoms with Crippen molar-refractivity contribution in [1.29, 1.82) is 0 Å². The van der Waals surface area contributed by atoms with Gasteiger partial charge in [-0.3, -0.25) is 24.3 Å². The Hall–Kier alpha value is -4.02. The molecule has 0 saturated heterocycles. The first kappa shape index (κ1) is 21.7. The number of amides is 1. The van der Waals surface area contributed by atoms with Crippen molar-refractivity contribution in [2.24, 2.45) is 0 Å². The molecule has 1 aromatic heterocycles. The van der Waals surface area contributed by atoms with Gasteiger partial charge >= 0.3 is 6.18 Å². The first-order chi connectivity index (χ1) is 14.6. The molecule has 0 fully saturated rings. The number of nitrogens with one attached hydrogen (secondary N) is 1. The van der Waals surface area contributed by atoms with E-state index in [9.17, 15) is 32.9 Å². The molecule has 0 aliphatic carbocycles. The van der Waals surface area contributed by atoms with Crippen molar-refractivity contribution >= 4 is 11.6 Å². The molecule has 2 aromatic carbocycles. The summed E-state index contributed by atoms with van der Waals surface area (Å²) in [6.45, 7) is 1.38. The molecule has 0 radical (unpaired) electrons. The molecule has 1 amide bonds. The molecule has 8 nitrogen and oxygen atoms in total. The number of carbonyl (C=O) groups is 1. The molecule has 0 bridgehead atoms. The number of non-ortho nitro benzene ring substituents is 1. The third-order valence-electron chi connectivity index (χ3n) is 4.40. The van der Waals surface area contributed by atoms with Gasteiger partial charge in [0.05, 0.1) is 22.7 Å². The van der Waals surface area contributed by atoms with Gasteiger partial charge in [-0.15, -0.1) is 0 Å². The summed E-state index contributed by atoms with van der Waals surface area (Å²) in [7, 11) is 0. The van der Waals surface area contributed by atoms with Crippen LogP contribution in [0.5, 0.6) is 0 Å². The van der Waals surface area contributed by atoms with Gasteiger partial charge < -0.3 is 5.32 Å². The molecule has 3 aromatic rings. The smallest absolute Gasteiger partial charge is 0.344 e. The predicted octanol–water partition coefficient (Wildman–Crippen LogP) is 3.65. The SMILES string of the molecule is C[C@@H](NC(=O)c1cn(-c2ccccc2)c(=O)cn1)c1cc([N+](=O)[O-])cc(C(F)(F)F)c1. The van der Waals surface area contributed by atoms with Crippen molar-refractivity contribution in [3.05, 3.63) is 98.2 Å². The van der Waals surface area contributed by atoms with Gasteiger partial charge in [0.2, 0.25) is 0 Å². The Morgan fingerprint density at radius 3 is 2.48 bits per heavy atom. The Morgan fingerprint density at radius 2 is 1.87 bits per heavy atom. The van der Waals surface area contributed by atoms with Crippen LogP contribution < -0.4 is 10.9 Å². The van der Waals surface area contributed by atoms with Gasteiger partial charge in [-0.2, -0.15) is 13.2 Å². The molecule has 0 spiro atoms. The van der Waals surface area contributed by atoms with E-state index in [1.165, 1.54) is 17.7 Å². The van der Waals surface area contributed by atoms with Gasteiger partial charge in [0.25, 0.3) is 17.2 Å². The van der Waals surface area contributed by atoms with Crippen molar-refractivity contribution in [2.45, 2.75) is 19.1 Å². The van der Waals surface area contributed by atoms with Crippen LogP contribution in [0.1, 0.15) is 34.6 Å². The fraction of sp³-hybridized carbons (Fsp3) is 0.150. The van der Waals surface area contributed by atoms with Gasteiger partial charge in [0.15, 0.2) is 0 Å². The summed E-state index contributed by atoms with van der Waals surface area (Å²) in [5.41, 5.74) is -2.20. The fourth-order valence-electron chi connectivity index (χ4n) is 2.82. The van der Waals surface area contributed by atoms with Crippen molar-refractivity contribution in [1.82, 2.24) is 14.9 Å². The van der Waals surface area contributed by atoms with Gasteiger partial charge in [-0.25, -0.2) is 4.98 Å². The largest absolute Gasteiger partial charge is 0.416 e. The zero-order valence-corrected chi connectivity index (χ0v) is 16.0. The van der Waals surface area contributed by atoms with E-state index >= 15 is 0 Å². The quantitative estimate of drug-likeness (QED) is 0.489. The third kappa shape index (κ3) is 4.94. The Labute approximate surface area is 173 Å². The Morgan fingerprint density at radius 1 is 1.19 bits per heavy atom. The molecule has 1 atom stereocenters. The third-order valence-corrected chi connectivity index (χ3v) is 4.40. The number of nitro groups is 1. The number of rotatable bonds is 5. The monoisotopic (exact) mass is 432 g/mol. The number of halogens is 3. The standard InChI is InChI=1S/C20H15F3N4O4/c1-12(13-7-14(20(21,22)23)9-16(8-13)27(30)31)25-19(29)17-11-26(18(28)10-24-17)15-5-3-2-4-6-15/h2-12H,1H3,(H,25,29)/t12-/m1/s1. The van der Waals surface area contributed by atoms with Crippen LogP contribution in [0.15, 0.2) is 65.7 Å². The maximum Gasteiger partial charge on any atom is 0.416 e. The highest BCUT2D eigenvalue weighted by Crippen LogP contribution is 2.34. The average Bonchev–Trinajstić information content (AvgIpc) is 2.73. The second kappa shape index (κ2) is 8.38. The van der Waals surface area contributed by atoms with Crippen LogP contribution in [-0.2, 0) is 6.18 Å². The summed E-state index contributed by atoms with van der Waals surface area (Å²) >= 11 is 0. The molecule has 0 unspecified atom stereocenters. The summed E-state index contributed by atoms with van der Waals surface area (Å²) in [6.07, 6.45) is -2.65. The number of hydrogen-bond acceptors (Lipinski definition) is 5. The Balaban J connectivity index is 1.90. The van der Waals surface area contributed by atoms with Crippen LogP contribution in [-0.4, -0.2) is 20.4 Å². The maximum atomic E-state index is 13.1. The number of aromatic nitrogens is 2. The highest BCUT2D eigenvalue weighted by atomic mass is 19.4. The van der Waals surface area contributed by atoms with E-state index in [1.54, 1.807) is 30.3 Å². The lowest BCUT2D eigenvalue weighted by atomic mass is 10.0. The second-order valence-corrected chi connectivity index (χ2v) is 6.58. The first-order valence-corrected chi connectivity index (χ1v) is 8.88. The number of benzene rings is 2. The van der Waals surface area contributed by atoms with Gasteiger partial charge in [-0.1, -0.05) is 18.2 Å². The van der Waals surface area contributed by atoms with Crippen molar-refractivity contribution in [3.63, 3.8) is 0 Å². The summed E-state index contributed by atoms with van der Waals surface area (Å²) in [5, 5.41) is 13.5. The highest BCUT2D eigenvalue weighted by Gasteiger charge is 2.33. The van der Waals surface area contributed by atoms with E-state index < -0.39 is 39.9 Å². The number of carbonyl (C=O) groups excluding carboxylic acids is 1. The van der Waals surface area contributed by atoms with Crippen LogP contribution in [0.25, 0.3) is 5.69 Å². The van der Waals surface area contributed by atoms with Crippen molar-refractivity contribution < 1.29 is 22.9 Å². The molecule has 160 valence electrons. The predicted molar refractivity (Wildman–Crippen MR) is 104 cm³/mol. The van der Waals surface area contributed by atoms with E-state index in [1.807, 2.05) is 0 Å². The zero-order valence-electron chi connectivity index (χ0n) is 16.0. The van der Waals surface area contributed by atoms with Gasteiger partial charge in [0, 0.05) is 24.0 Å². The minimum absolute atomic E-state index is 0.105. The summed E-state index contributed by atoms with van der Waals surface area (Å²) in [4.78, 5) is 38.5. The normalized spacial score (nSPS) is 12.3. The number of alkyl halides is 3. The number of nitrogens with zero attached hydrogens (tertiary/aromatic N) is 3. The lowest BCUT2D eigenvalue weighted by molar-refractivity contribution is -0.385. The summed E-state index contributed by atoms with van der Waals surface area (Å²) in [6, 6.07) is 9.55. The van der Waals surface area contributed by atoms with Crippen LogP contribution in [0.2, 0.25) is 0 Å². The van der Waals surface area contributed by atoms with Crippen LogP contribution in [0, 0.1) is 10.1 Å². The summed E-state index contributed by atoms with van der Waals surface area (Å²) < 4.78 is 40.5. The first-order valence-electron chi connectivity index (χ1n) is 8.88. The van der Waals surface area contributed by atoms with E-state index in [4.69, 9.17) is 0 Å². The molecular weight excluding hydrogens is 417 g/mol. The number of nitro benzene ring substituents is 1. The van der Waals surface area contributed by atoms with Crippen LogP contribution in [0.3, 0.4) is 0 Å². The lowest BCUT2D eigenvalue weighted by Gasteiger charge is -2.16. The molecule has 0 aliphatic heterocycles. The van der Waals surface area contributed by atoms with Crippen LogP contribution in [0.4, 0.5) is 18.9 Å². The second-order valence-electron chi connectivity index (χ2n) is 6.58. The van der Waals surface area contributed by atoms with E-state index in [0.717, 1.165) is 18.3 Å². The van der Waals surface area contributed by atoms with E-state index in [2.05, 4.69) is 10.3 Å². The van der Waals surface area contributed by atoms with Gasteiger partial charge in [-0.05, 0) is 30.7 Å². The molecule has 3 rings (SSSR count). The maximum absolute atomic E-state index is 13.1. The van der Waals surface area contributed by atoms with E-state index in [0.29, 0.717) is 11.8 Å². The fourth-order valence-corrected chi connectivity index (χ4v) is 2.82. The highest BCUT2D eigenvalue weighted by molar-refractivity contribution is 5.92. The molecule has 1 heterocycles. The number of para-hydroxylation sites is 1.